The Morgan fingerprint density at radius 1 is 1.52 bits per heavy atom. The van der Waals surface area contributed by atoms with E-state index >= 15 is 0 Å². The Balaban J connectivity index is 1.87. The molecule has 0 bridgehead atoms. The summed E-state index contributed by atoms with van der Waals surface area (Å²) in [6, 6.07) is 6.52. The Morgan fingerprint density at radius 3 is 2.90 bits per heavy atom. The van der Waals surface area contributed by atoms with Crippen molar-refractivity contribution >= 4 is 22.7 Å². The second-order valence-electron chi connectivity index (χ2n) is 4.93. The molecule has 106 valence electrons. The number of aromatic nitrogens is 1. The third-order valence-corrected chi connectivity index (χ3v) is 4.31. The van der Waals surface area contributed by atoms with E-state index in [1.54, 1.807) is 23.6 Å². The summed E-state index contributed by atoms with van der Waals surface area (Å²) < 4.78 is 0. The zero-order chi connectivity index (χ0) is 14.8. The number of nitrogens with one attached hydrogen (secondary N) is 1. The third-order valence-electron chi connectivity index (χ3n) is 3.45. The van der Waals surface area contributed by atoms with Crippen molar-refractivity contribution < 1.29 is 4.92 Å². The van der Waals surface area contributed by atoms with Gasteiger partial charge in [0, 0.05) is 23.3 Å². The van der Waals surface area contributed by atoms with Gasteiger partial charge in [0.25, 0.3) is 5.69 Å². The Bertz CT molecular complexity index is 704. The molecule has 1 aromatic heterocycles. The first-order valence-electron chi connectivity index (χ1n) is 6.53. The summed E-state index contributed by atoms with van der Waals surface area (Å²) >= 11 is 1.59. The number of nitrogens with zero attached hydrogens (tertiary/aromatic N) is 3. The Kier molecular flexibility index (Phi) is 3.54. The number of nitriles is 1. The normalized spacial score (nSPS) is 15.2. The molecule has 6 nitrogen and oxygen atoms in total. The summed E-state index contributed by atoms with van der Waals surface area (Å²) in [4.78, 5) is 14.6. The summed E-state index contributed by atoms with van der Waals surface area (Å²) in [6.07, 6.45) is 4.07. The molecular weight excluding hydrogens is 288 g/mol. The summed E-state index contributed by atoms with van der Waals surface area (Å²) in [5, 5.41) is 26.2. The second kappa shape index (κ2) is 5.50. The maximum absolute atomic E-state index is 10.8. The van der Waals surface area contributed by atoms with Crippen molar-refractivity contribution in [3.05, 3.63) is 50.5 Å². The SMILES string of the molecule is N#Cc1cc(NC(c2nccs2)C2CC2)ccc1[N+](=O)[O-]. The van der Waals surface area contributed by atoms with E-state index in [1.807, 2.05) is 11.4 Å². The molecule has 0 radical (unpaired) electrons. The predicted molar refractivity (Wildman–Crippen MR) is 79.0 cm³/mol. The molecule has 0 amide bonds. The molecule has 0 saturated heterocycles. The molecule has 0 spiro atoms. The average Bonchev–Trinajstić information content (AvgIpc) is 3.18. The van der Waals surface area contributed by atoms with E-state index in [-0.39, 0.29) is 17.3 Å². The Hall–Kier alpha value is -2.46. The first kappa shape index (κ1) is 13.5. The average molecular weight is 300 g/mol. The molecular formula is C14H12N4O2S. The number of rotatable bonds is 5. The zero-order valence-corrected chi connectivity index (χ0v) is 11.8. The number of hydrogen-bond donors (Lipinski definition) is 1. The molecule has 1 atom stereocenters. The minimum absolute atomic E-state index is 0.0682. The minimum Gasteiger partial charge on any atom is -0.375 e. The highest BCUT2D eigenvalue weighted by atomic mass is 32.1. The summed E-state index contributed by atoms with van der Waals surface area (Å²) in [7, 11) is 0. The van der Waals surface area contributed by atoms with Crippen LogP contribution in [-0.2, 0) is 0 Å². The van der Waals surface area contributed by atoms with E-state index in [0.29, 0.717) is 11.6 Å². The van der Waals surface area contributed by atoms with Crippen molar-refractivity contribution in [2.75, 3.05) is 5.32 Å². The highest BCUT2D eigenvalue weighted by Crippen LogP contribution is 2.43. The molecule has 1 heterocycles. The van der Waals surface area contributed by atoms with E-state index in [2.05, 4.69) is 10.3 Å². The van der Waals surface area contributed by atoms with Crippen molar-refractivity contribution in [3.8, 4) is 6.07 Å². The van der Waals surface area contributed by atoms with Gasteiger partial charge < -0.3 is 5.32 Å². The van der Waals surface area contributed by atoms with E-state index in [1.165, 1.54) is 12.1 Å². The fourth-order valence-corrected chi connectivity index (χ4v) is 3.03. The van der Waals surface area contributed by atoms with Gasteiger partial charge in [-0.05, 0) is 30.9 Å². The van der Waals surface area contributed by atoms with Gasteiger partial charge in [-0.1, -0.05) is 0 Å². The molecule has 1 saturated carbocycles. The van der Waals surface area contributed by atoms with Crippen LogP contribution in [0.2, 0.25) is 0 Å². The molecule has 7 heteroatoms. The van der Waals surface area contributed by atoms with Crippen LogP contribution in [-0.4, -0.2) is 9.91 Å². The molecule has 1 aliphatic carbocycles. The zero-order valence-electron chi connectivity index (χ0n) is 11.0. The smallest absolute Gasteiger partial charge is 0.287 e. The molecule has 1 aliphatic rings. The van der Waals surface area contributed by atoms with Gasteiger partial charge in [0.05, 0.1) is 11.0 Å². The van der Waals surface area contributed by atoms with Gasteiger partial charge >= 0.3 is 0 Å². The predicted octanol–water partition coefficient (Wildman–Crippen LogP) is 3.49. The second-order valence-corrected chi connectivity index (χ2v) is 5.86. The van der Waals surface area contributed by atoms with Crippen LogP contribution in [0.15, 0.2) is 29.8 Å². The highest BCUT2D eigenvalue weighted by molar-refractivity contribution is 7.09. The lowest BCUT2D eigenvalue weighted by Crippen LogP contribution is -2.12. The topological polar surface area (TPSA) is 91.8 Å². The van der Waals surface area contributed by atoms with E-state index in [0.717, 1.165) is 17.8 Å². The van der Waals surface area contributed by atoms with Gasteiger partial charge in [-0.25, -0.2) is 4.98 Å². The van der Waals surface area contributed by atoms with Crippen LogP contribution in [0.1, 0.15) is 29.5 Å². The van der Waals surface area contributed by atoms with E-state index in [4.69, 9.17) is 5.26 Å². The van der Waals surface area contributed by atoms with Crippen LogP contribution in [0, 0.1) is 27.4 Å². The van der Waals surface area contributed by atoms with Crippen LogP contribution in [0.4, 0.5) is 11.4 Å². The maximum atomic E-state index is 10.8. The van der Waals surface area contributed by atoms with Gasteiger partial charge in [-0.3, -0.25) is 10.1 Å². The van der Waals surface area contributed by atoms with Crippen LogP contribution in [0.3, 0.4) is 0 Å². The quantitative estimate of drug-likeness (QED) is 0.674. The largest absolute Gasteiger partial charge is 0.375 e. The molecule has 1 fully saturated rings. The highest BCUT2D eigenvalue weighted by Gasteiger charge is 2.34. The molecule has 1 N–H and O–H groups in total. The maximum Gasteiger partial charge on any atom is 0.287 e. The van der Waals surface area contributed by atoms with E-state index < -0.39 is 4.92 Å². The van der Waals surface area contributed by atoms with Crippen molar-refractivity contribution in [3.63, 3.8) is 0 Å². The summed E-state index contributed by atoms with van der Waals surface area (Å²) in [6.45, 7) is 0. The number of nitro benzene ring substituents is 1. The number of anilines is 1. The van der Waals surface area contributed by atoms with E-state index in [9.17, 15) is 10.1 Å². The monoisotopic (exact) mass is 300 g/mol. The van der Waals surface area contributed by atoms with Crippen LogP contribution in [0.5, 0.6) is 0 Å². The summed E-state index contributed by atoms with van der Waals surface area (Å²) in [5.41, 5.74) is 0.614. The molecule has 1 unspecified atom stereocenters. The van der Waals surface area contributed by atoms with Gasteiger partial charge in [0.15, 0.2) is 0 Å². The number of hydrogen-bond acceptors (Lipinski definition) is 6. The standard InChI is InChI=1S/C14H12N4O2S/c15-8-10-7-11(3-4-12(10)18(19)20)17-13(9-1-2-9)14-16-5-6-21-14/h3-7,9,13,17H,1-2H2. The first-order valence-corrected chi connectivity index (χ1v) is 7.41. The lowest BCUT2D eigenvalue weighted by molar-refractivity contribution is -0.385. The number of benzene rings is 1. The lowest BCUT2D eigenvalue weighted by Gasteiger charge is -2.17. The van der Waals surface area contributed by atoms with Crippen molar-refractivity contribution in [1.29, 1.82) is 5.26 Å². The molecule has 3 rings (SSSR count). The summed E-state index contributed by atoms with van der Waals surface area (Å²) in [5.74, 6) is 0.539. The molecule has 21 heavy (non-hydrogen) atoms. The lowest BCUT2D eigenvalue weighted by atomic mass is 10.1. The third kappa shape index (κ3) is 2.85. The molecule has 1 aromatic carbocycles. The Labute approximate surface area is 125 Å². The first-order chi connectivity index (χ1) is 10.2. The van der Waals surface area contributed by atoms with Crippen LogP contribution < -0.4 is 5.32 Å². The molecule has 0 aliphatic heterocycles. The van der Waals surface area contributed by atoms with Crippen molar-refractivity contribution in [1.82, 2.24) is 4.98 Å². The molecule has 2 aromatic rings. The van der Waals surface area contributed by atoms with Crippen molar-refractivity contribution in [2.45, 2.75) is 18.9 Å². The number of nitro groups is 1. The van der Waals surface area contributed by atoms with Gasteiger partial charge in [-0.15, -0.1) is 11.3 Å². The van der Waals surface area contributed by atoms with Crippen LogP contribution >= 0.6 is 11.3 Å². The van der Waals surface area contributed by atoms with Gasteiger partial charge in [-0.2, -0.15) is 5.26 Å². The van der Waals surface area contributed by atoms with Gasteiger partial charge in [0.1, 0.15) is 16.6 Å². The van der Waals surface area contributed by atoms with Crippen LogP contribution in [0.25, 0.3) is 0 Å². The van der Waals surface area contributed by atoms with Gasteiger partial charge in [0.2, 0.25) is 0 Å². The van der Waals surface area contributed by atoms with Crippen molar-refractivity contribution in [2.24, 2.45) is 5.92 Å². The minimum atomic E-state index is -0.540. The fraction of sp³-hybridized carbons (Fsp3) is 0.286. The number of thiazole rings is 1. The Morgan fingerprint density at radius 2 is 2.33 bits per heavy atom. The fourth-order valence-electron chi connectivity index (χ4n) is 2.25.